The van der Waals surface area contributed by atoms with E-state index in [2.05, 4.69) is 0 Å². The van der Waals surface area contributed by atoms with Gasteiger partial charge in [-0.2, -0.15) is 0 Å². The Morgan fingerprint density at radius 3 is 2.36 bits per heavy atom. The molecule has 0 aromatic heterocycles. The number of benzene rings is 4. The molecule has 1 saturated heterocycles. The van der Waals surface area contributed by atoms with E-state index in [-0.39, 0.29) is 5.91 Å². The van der Waals surface area contributed by atoms with Crippen LogP contribution < -0.4 is 9.64 Å². The number of carbonyl (C=O) groups excluding carboxylic acids is 1. The highest BCUT2D eigenvalue weighted by Gasteiger charge is 2.34. The maximum Gasteiger partial charge on any atom is 0.271 e. The van der Waals surface area contributed by atoms with E-state index in [1.165, 1.54) is 11.8 Å². The SMILES string of the molecule is O=C1/C(=C/c2cccc(OCc3ccc(Cl)cc3Cl)c2)SC(=Nc2ccccc2)N1c1ccccc1. The number of anilines is 1. The summed E-state index contributed by atoms with van der Waals surface area (Å²) in [4.78, 5) is 20.4. The van der Waals surface area contributed by atoms with Gasteiger partial charge in [0.05, 0.1) is 16.3 Å². The molecule has 178 valence electrons. The first-order valence-corrected chi connectivity index (χ1v) is 12.7. The molecule has 5 rings (SSSR count). The topological polar surface area (TPSA) is 41.9 Å². The van der Waals surface area contributed by atoms with E-state index < -0.39 is 0 Å². The van der Waals surface area contributed by atoms with Crippen LogP contribution in [0.3, 0.4) is 0 Å². The third-order valence-corrected chi connectivity index (χ3v) is 6.92. The van der Waals surface area contributed by atoms with Gasteiger partial charge in [-0.15, -0.1) is 0 Å². The fraction of sp³-hybridized carbons (Fsp3) is 0.0345. The highest BCUT2D eigenvalue weighted by molar-refractivity contribution is 8.19. The molecule has 1 aliphatic heterocycles. The Hall–Kier alpha value is -3.51. The number of amidine groups is 1. The van der Waals surface area contributed by atoms with Crippen LogP contribution in [-0.4, -0.2) is 11.1 Å². The van der Waals surface area contributed by atoms with Crippen molar-refractivity contribution in [3.05, 3.63) is 129 Å². The van der Waals surface area contributed by atoms with Crippen molar-refractivity contribution < 1.29 is 9.53 Å². The van der Waals surface area contributed by atoms with Gasteiger partial charge in [0.15, 0.2) is 5.17 Å². The van der Waals surface area contributed by atoms with Crippen LogP contribution in [0.25, 0.3) is 6.08 Å². The van der Waals surface area contributed by atoms with Crippen LogP contribution in [0.2, 0.25) is 10.0 Å². The maximum atomic E-state index is 13.5. The molecule has 1 heterocycles. The number of carbonyl (C=O) groups is 1. The lowest BCUT2D eigenvalue weighted by Crippen LogP contribution is -2.28. The normalized spacial score (nSPS) is 15.6. The number of halogens is 2. The molecule has 0 spiro atoms. The third-order valence-electron chi connectivity index (χ3n) is 5.37. The molecule has 36 heavy (non-hydrogen) atoms. The van der Waals surface area contributed by atoms with Gasteiger partial charge < -0.3 is 4.74 Å². The molecule has 0 aliphatic carbocycles. The minimum Gasteiger partial charge on any atom is -0.489 e. The molecular formula is C29H20Cl2N2O2S. The summed E-state index contributed by atoms with van der Waals surface area (Å²) in [5.41, 5.74) is 3.24. The number of thioether (sulfide) groups is 1. The summed E-state index contributed by atoms with van der Waals surface area (Å²) >= 11 is 13.6. The molecule has 0 unspecified atom stereocenters. The second-order valence-corrected chi connectivity index (χ2v) is 9.77. The number of amides is 1. The van der Waals surface area contributed by atoms with Crippen LogP contribution in [0, 0.1) is 0 Å². The largest absolute Gasteiger partial charge is 0.489 e. The minimum atomic E-state index is -0.125. The predicted molar refractivity (Wildman–Crippen MR) is 150 cm³/mol. The number of para-hydroxylation sites is 2. The minimum absolute atomic E-state index is 0.125. The summed E-state index contributed by atoms with van der Waals surface area (Å²) in [5, 5.41) is 1.74. The van der Waals surface area contributed by atoms with Gasteiger partial charge in [-0.25, -0.2) is 4.99 Å². The molecule has 0 bridgehead atoms. The summed E-state index contributed by atoms with van der Waals surface area (Å²) in [7, 11) is 0. The summed E-state index contributed by atoms with van der Waals surface area (Å²) < 4.78 is 5.95. The van der Waals surface area contributed by atoms with Crippen molar-refractivity contribution in [3.63, 3.8) is 0 Å². The molecule has 0 radical (unpaired) electrons. The molecule has 7 heteroatoms. The first kappa shape index (κ1) is 24.2. The van der Waals surface area contributed by atoms with Crippen LogP contribution in [0.5, 0.6) is 5.75 Å². The summed E-state index contributed by atoms with van der Waals surface area (Å²) in [6, 6.07) is 32.1. The molecule has 0 N–H and O–H groups in total. The average Bonchev–Trinajstić information content (AvgIpc) is 3.19. The number of ether oxygens (including phenoxy) is 1. The van der Waals surface area contributed by atoms with Crippen LogP contribution in [0.1, 0.15) is 11.1 Å². The molecule has 1 amide bonds. The molecular weight excluding hydrogens is 511 g/mol. The summed E-state index contributed by atoms with van der Waals surface area (Å²) in [5.74, 6) is 0.545. The van der Waals surface area contributed by atoms with Crippen LogP contribution in [0.4, 0.5) is 11.4 Å². The van der Waals surface area contributed by atoms with E-state index in [1.807, 2.05) is 97.1 Å². The van der Waals surface area contributed by atoms with Gasteiger partial charge in [-0.05, 0) is 71.9 Å². The Labute approximate surface area is 223 Å². The fourth-order valence-corrected chi connectivity index (χ4v) is 5.08. The van der Waals surface area contributed by atoms with E-state index in [0.29, 0.717) is 32.5 Å². The van der Waals surface area contributed by atoms with E-state index in [0.717, 1.165) is 22.5 Å². The lowest BCUT2D eigenvalue weighted by Gasteiger charge is -2.15. The number of hydrogen-bond acceptors (Lipinski definition) is 4. The molecule has 1 fully saturated rings. The van der Waals surface area contributed by atoms with Gasteiger partial charge >= 0.3 is 0 Å². The second kappa shape index (κ2) is 11.0. The van der Waals surface area contributed by atoms with Crippen molar-refractivity contribution in [1.82, 2.24) is 0 Å². The highest BCUT2D eigenvalue weighted by Crippen LogP contribution is 2.37. The van der Waals surface area contributed by atoms with Crippen molar-refractivity contribution in [2.75, 3.05) is 4.90 Å². The molecule has 0 atom stereocenters. The van der Waals surface area contributed by atoms with Gasteiger partial charge in [0.25, 0.3) is 5.91 Å². The Morgan fingerprint density at radius 2 is 1.61 bits per heavy atom. The Bertz CT molecular complexity index is 1460. The highest BCUT2D eigenvalue weighted by atomic mass is 35.5. The Kier molecular flexibility index (Phi) is 7.42. The standard InChI is InChI=1S/C29H20Cl2N2O2S/c30-22-15-14-21(26(31)18-22)19-35-25-13-7-8-20(16-25)17-27-28(34)33(24-11-5-2-6-12-24)29(36-27)32-23-9-3-1-4-10-23/h1-18H,19H2/b27-17-,32-29?. The van der Waals surface area contributed by atoms with Gasteiger partial charge in [0, 0.05) is 15.6 Å². The lowest BCUT2D eigenvalue weighted by atomic mass is 10.2. The quantitative estimate of drug-likeness (QED) is 0.235. The number of aliphatic imine (C=N–C) groups is 1. The zero-order valence-corrected chi connectivity index (χ0v) is 21.3. The van der Waals surface area contributed by atoms with Crippen molar-refractivity contribution in [1.29, 1.82) is 0 Å². The Morgan fingerprint density at radius 1 is 0.861 bits per heavy atom. The number of hydrogen-bond donors (Lipinski definition) is 0. The van der Waals surface area contributed by atoms with Crippen molar-refractivity contribution in [3.8, 4) is 5.75 Å². The van der Waals surface area contributed by atoms with Crippen LogP contribution in [0.15, 0.2) is 113 Å². The third kappa shape index (κ3) is 5.65. The summed E-state index contributed by atoms with van der Waals surface area (Å²) in [6.07, 6.45) is 1.86. The zero-order chi connectivity index (χ0) is 24.9. The van der Waals surface area contributed by atoms with E-state index in [9.17, 15) is 4.79 Å². The van der Waals surface area contributed by atoms with Crippen molar-refractivity contribution in [2.24, 2.45) is 4.99 Å². The van der Waals surface area contributed by atoms with Crippen LogP contribution >= 0.6 is 35.0 Å². The summed E-state index contributed by atoms with van der Waals surface area (Å²) in [6.45, 7) is 0.305. The molecule has 4 nitrogen and oxygen atoms in total. The van der Waals surface area contributed by atoms with Crippen LogP contribution in [-0.2, 0) is 11.4 Å². The van der Waals surface area contributed by atoms with Gasteiger partial charge in [-0.3, -0.25) is 9.69 Å². The lowest BCUT2D eigenvalue weighted by molar-refractivity contribution is -0.113. The van der Waals surface area contributed by atoms with E-state index >= 15 is 0 Å². The monoisotopic (exact) mass is 530 g/mol. The second-order valence-electron chi connectivity index (χ2n) is 7.91. The zero-order valence-electron chi connectivity index (χ0n) is 19.0. The molecule has 0 saturated carbocycles. The molecule has 4 aromatic carbocycles. The molecule has 1 aliphatic rings. The van der Waals surface area contributed by atoms with E-state index in [1.54, 1.807) is 17.0 Å². The predicted octanol–water partition coefficient (Wildman–Crippen LogP) is 8.38. The maximum absolute atomic E-state index is 13.5. The van der Waals surface area contributed by atoms with Gasteiger partial charge in [-0.1, -0.05) is 77.8 Å². The number of nitrogens with zero attached hydrogens (tertiary/aromatic N) is 2. The number of rotatable bonds is 6. The smallest absolute Gasteiger partial charge is 0.271 e. The van der Waals surface area contributed by atoms with Crippen molar-refractivity contribution >= 4 is 63.5 Å². The average molecular weight is 531 g/mol. The first-order chi connectivity index (χ1) is 17.6. The van der Waals surface area contributed by atoms with Gasteiger partial charge in [0.2, 0.25) is 0 Å². The first-order valence-electron chi connectivity index (χ1n) is 11.2. The molecule has 4 aromatic rings. The van der Waals surface area contributed by atoms with Gasteiger partial charge in [0.1, 0.15) is 12.4 Å². The van der Waals surface area contributed by atoms with E-state index in [4.69, 9.17) is 32.9 Å². The Balaban J connectivity index is 1.41. The van der Waals surface area contributed by atoms with Crippen molar-refractivity contribution in [2.45, 2.75) is 6.61 Å². The fourth-order valence-electron chi connectivity index (χ4n) is 3.61.